The predicted octanol–water partition coefficient (Wildman–Crippen LogP) is 6.97. The number of imidazole rings is 1. The normalized spacial score (nSPS) is 15.6. The van der Waals surface area contributed by atoms with E-state index in [2.05, 4.69) is 35.4 Å². The maximum Gasteiger partial charge on any atom is 0.227 e. The molecule has 5 heterocycles. The lowest BCUT2D eigenvalue weighted by Crippen LogP contribution is -2.25. The van der Waals surface area contributed by atoms with Gasteiger partial charge in [-0.2, -0.15) is 5.10 Å². The molecule has 3 N–H and O–H groups in total. The van der Waals surface area contributed by atoms with E-state index in [9.17, 15) is 9.18 Å². The van der Waals surface area contributed by atoms with Gasteiger partial charge in [0.15, 0.2) is 11.5 Å². The predicted molar refractivity (Wildman–Crippen MR) is 179 cm³/mol. The Morgan fingerprint density at radius 1 is 0.979 bits per heavy atom. The first-order chi connectivity index (χ1) is 23.1. The van der Waals surface area contributed by atoms with Gasteiger partial charge < -0.3 is 15.0 Å². The van der Waals surface area contributed by atoms with E-state index in [0.29, 0.717) is 46.3 Å². The summed E-state index contributed by atoms with van der Waals surface area (Å²) in [5.74, 6) is 0.788. The molecule has 1 aliphatic carbocycles. The van der Waals surface area contributed by atoms with E-state index in [4.69, 9.17) is 9.72 Å². The lowest BCUT2D eigenvalue weighted by Gasteiger charge is -2.15. The van der Waals surface area contributed by atoms with Crippen molar-refractivity contribution in [2.45, 2.75) is 38.5 Å². The number of anilines is 1. The monoisotopic (exact) mass is 630 g/mol. The van der Waals surface area contributed by atoms with Crippen molar-refractivity contribution in [1.82, 2.24) is 35.0 Å². The summed E-state index contributed by atoms with van der Waals surface area (Å²) in [4.78, 5) is 32.2. The lowest BCUT2D eigenvalue weighted by atomic mass is 10.0. The van der Waals surface area contributed by atoms with Gasteiger partial charge in [-0.3, -0.25) is 19.8 Å². The second-order valence-corrected chi connectivity index (χ2v) is 12.5. The lowest BCUT2D eigenvalue weighted by molar-refractivity contribution is -0.119. The minimum Gasteiger partial charge on any atom is -0.492 e. The molecule has 8 rings (SSSR count). The summed E-state index contributed by atoms with van der Waals surface area (Å²) < 4.78 is 20.8. The third kappa shape index (κ3) is 6.06. The average Bonchev–Trinajstić information content (AvgIpc) is 3.91. The van der Waals surface area contributed by atoms with Gasteiger partial charge in [0, 0.05) is 47.4 Å². The number of aromatic nitrogens is 6. The van der Waals surface area contributed by atoms with Gasteiger partial charge in [-0.25, -0.2) is 14.4 Å². The molecule has 10 nitrogen and oxygen atoms in total. The third-order valence-electron chi connectivity index (χ3n) is 9.29. The molecule has 11 heteroatoms. The molecule has 238 valence electrons. The Hall–Kier alpha value is -5.16. The number of amides is 1. The van der Waals surface area contributed by atoms with E-state index < -0.39 is 0 Å². The zero-order valence-corrected chi connectivity index (χ0v) is 25.9. The van der Waals surface area contributed by atoms with Crippen LogP contribution < -0.4 is 10.1 Å². The van der Waals surface area contributed by atoms with Crippen molar-refractivity contribution >= 4 is 33.7 Å². The molecule has 0 spiro atoms. The number of H-pyrrole nitrogens is 2. The second-order valence-electron chi connectivity index (χ2n) is 12.5. The molecule has 1 amide bonds. The molecule has 6 aromatic rings. The van der Waals surface area contributed by atoms with Gasteiger partial charge in [0.2, 0.25) is 5.91 Å². The molecule has 4 aromatic heterocycles. The smallest absolute Gasteiger partial charge is 0.227 e. The number of pyridine rings is 2. The van der Waals surface area contributed by atoms with Crippen LogP contribution in [0.15, 0.2) is 67.1 Å². The van der Waals surface area contributed by atoms with Gasteiger partial charge in [0.1, 0.15) is 29.4 Å². The van der Waals surface area contributed by atoms with Gasteiger partial charge in [-0.15, -0.1) is 0 Å². The largest absolute Gasteiger partial charge is 0.492 e. The van der Waals surface area contributed by atoms with Gasteiger partial charge in [0.25, 0.3) is 0 Å². The first-order valence-corrected chi connectivity index (χ1v) is 16.3. The van der Waals surface area contributed by atoms with Gasteiger partial charge in [-0.1, -0.05) is 18.9 Å². The third-order valence-corrected chi connectivity index (χ3v) is 9.29. The Kier molecular flexibility index (Phi) is 7.82. The number of nitrogens with zero attached hydrogens (tertiary/aromatic N) is 5. The Balaban J connectivity index is 1.08. The highest BCUT2D eigenvalue weighted by molar-refractivity contribution is 5.98. The summed E-state index contributed by atoms with van der Waals surface area (Å²) in [7, 11) is 0. The molecular weight excluding hydrogens is 595 g/mol. The molecule has 1 saturated carbocycles. The highest BCUT2D eigenvalue weighted by Gasteiger charge is 2.23. The van der Waals surface area contributed by atoms with Crippen LogP contribution in [0, 0.1) is 11.7 Å². The summed E-state index contributed by atoms with van der Waals surface area (Å²) >= 11 is 0. The van der Waals surface area contributed by atoms with Crippen molar-refractivity contribution < 1.29 is 13.9 Å². The van der Waals surface area contributed by atoms with Crippen molar-refractivity contribution in [3.63, 3.8) is 0 Å². The summed E-state index contributed by atoms with van der Waals surface area (Å²) in [5.41, 5.74) is 6.54. The van der Waals surface area contributed by atoms with Crippen LogP contribution in [0.3, 0.4) is 0 Å². The maximum absolute atomic E-state index is 14.8. The van der Waals surface area contributed by atoms with Crippen molar-refractivity contribution in [2.24, 2.45) is 5.92 Å². The first-order valence-electron chi connectivity index (χ1n) is 16.3. The number of aromatic amines is 2. The van der Waals surface area contributed by atoms with Crippen LogP contribution in [-0.4, -0.2) is 67.2 Å². The Bertz CT molecular complexity index is 2080. The first kappa shape index (κ1) is 29.3. The number of halogens is 1. The van der Waals surface area contributed by atoms with Gasteiger partial charge in [-0.05, 0) is 86.3 Å². The molecular formula is C36H35FN8O2. The summed E-state index contributed by atoms with van der Waals surface area (Å²) in [5, 5.41) is 11.6. The molecule has 47 heavy (non-hydrogen) atoms. The van der Waals surface area contributed by atoms with Gasteiger partial charge >= 0.3 is 0 Å². The number of benzene rings is 2. The zero-order chi connectivity index (χ0) is 31.7. The van der Waals surface area contributed by atoms with Crippen LogP contribution in [0.2, 0.25) is 0 Å². The second kappa shape index (κ2) is 12.6. The van der Waals surface area contributed by atoms with E-state index in [-0.39, 0.29) is 17.6 Å². The zero-order valence-electron chi connectivity index (χ0n) is 25.9. The molecule has 0 unspecified atom stereocenters. The number of fused-ring (bicyclic) bond motifs is 2. The van der Waals surface area contributed by atoms with Crippen LogP contribution in [0.5, 0.6) is 5.75 Å². The fourth-order valence-corrected chi connectivity index (χ4v) is 6.83. The molecule has 0 atom stereocenters. The minimum absolute atomic E-state index is 0.0615. The van der Waals surface area contributed by atoms with E-state index in [1.54, 1.807) is 18.6 Å². The SMILES string of the molecule is O=C(Nc1cncc(-c2ccc3[nH]nc(-c4nc5c(-c6cc(F)cc(OCCN7CCCC7)c6)ccnc5[nH]4)c3c2)c1)C1CCCC1. The molecule has 0 radical (unpaired) electrons. The minimum atomic E-state index is -0.373. The van der Waals surface area contributed by atoms with Crippen molar-refractivity contribution in [3.05, 3.63) is 72.9 Å². The number of ether oxygens (including phenoxy) is 1. The van der Waals surface area contributed by atoms with Gasteiger partial charge in [0.05, 0.1) is 17.4 Å². The van der Waals surface area contributed by atoms with E-state index >= 15 is 0 Å². The van der Waals surface area contributed by atoms with Crippen LogP contribution in [0.1, 0.15) is 38.5 Å². The summed E-state index contributed by atoms with van der Waals surface area (Å²) in [6, 6.07) is 14.5. The number of hydrogen-bond donors (Lipinski definition) is 3. The number of carbonyl (C=O) groups is 1. The number of rotatable bonds is 9. The molecule has 0 bridgehead atoms. The van der Waals surface area contributed by atoms with Crippen molar-refractivity contribution in [3.8, 4) is 39.5 Å². The fraction of sp³-hybridized carbons (Fsp3) is 0.306. The highest BCUT2D eigenvalue weighted by Crippen LogP contribution is 2.34. The van der Waals surface area contributed by atoms with Crippen LogP contribution in [0.4, 0.5) is 10.1 Å². The Labute approximate surface area is 270 Å². The average molecular weight is 631 g/mol. The van der Waals surface area contributed by atoms with Crippen LogP contribution in [-0.2, 0) is 4.79 Å². The highest BCUT2D eigenvalue weighted by atomic mass is 19.1. The Morgan fingerprint density at radius 3 is 2.72 bits per heavy atom. The number of hydrogen-bond acceptors (Lipinski definition) is 7. The fourth-order valence-electron chi connectivity index (χ4n) is 6.83. The van der Waals surface area contributed by atoms with E-state index in [1.807, 2.05) is 36.4 Å². The summed E-state index contributed by atoms with van der Waals surface area (Å²) in [6.45, 7) is 3.51. The number of carbonyl (C=O) groups excluding carboxylic acids is 1. The van der Waals surface area contributed by atoms with Crippen LogP contribution >= 0.6 is 0 Å². The standard InChI is InChI=1S/C36H35FN8O2/c37-26-15-24(17-28(19-26)47-14-13-45-11-3-4-12-45)29-9-10-39-34-32(29)41-35(42-34)33-30-18-23(7-8-31(30)43-44-33)25-16-27(21-38-20-25)40-36(46)22-5-1-2-6-22/h7-10,15-22H,1-6,11-14H2,(H,40,46)(H,43,44)(H,39,41,42). The Morgan fingerprint density at radius 2 is 1.85 bits per heavy atom. The number of nitrogens with one attached hydrogen (secondary N) is 3. The molecule has 2 aromatic carbocycles. The quantitative estimate of drug-likeness (QED) is 0.158. The molecule has 2 fully saturated rings. The van der Waals surface area contributed by atoms with E-state index in [1.165, 1.54) is 25.0 Å². The van der Waals surface area contributed by atoms with Crippen LogP contribution in [0.25, 0.3) is 55.8 Å². The molecule has 2 aliphatic rings. The van der Waals surface area contributed by atoms with Crippen molar-refractivity contribution in [1.29, 1.82) is 0 Å². The maximum atomic E-state index is 14.8. The molecule has 1 aliphatic heterocycles. The topological polar surface area (TPSA) is 125 Å². The molecule has 1 saturated heterocycles. The summed E-state index contributed by atoms with van der Waals surface area (Å²) in [6.07, 6.45) is 11.7. The van der Waals surface area contributed by atoms with E-state index in [0.717, 1.165) is 72.9 Å². The number of likely N-dealkylation sites (tertiary alicyclic amines) is 1. The van der Waals surface area contributed by atoms with Crippen molar-refractivity contribution in [2.75, 3.05) is 31.6 Å².